The van der Waals surface area contributed by atoms with Crippen LogP contribution in [0.25, 0.3) is 0 Å². The monoisotopic (exact) mass is 461 g/mol. The van der Waals surface area contributed by atoms with E-state index in [1.54, 1.807) is 13.1 Å². The van der Waals surface area contributed by atoms with E-state index in [-0.39, 0.29) is 36.2 Å². The van der Waals surface area contributed by atoms with Crippen molar-refractivity contribution >= 4 is 39.3 Å². The maximum absolute atomic E-state index is 13.0. The second-order valence-corrected chi connectivity index (χ2v) is 10.0. The van der Waals surface area contributed by atoms with E-state index in [1.165, 1.54) is 24.2 Å². The lowest BCUT2D eigenvalue weighted by molar-refractivity contribution is -0.147. The van der Waals surface area contributed by atoms with Gasteiger partial charge in [0.2, 0.25) is 17.7 Å². The number of hydrogen-bond donors (Lipinski definition) is 2. The number of likely N-dealkylation sites (N-methyl/N-ethyl adjacent to an activating group) is 1. The van der Waals surface area contributed by atoms with E-state index < -0.39 is 0 Å². The highest BCUT2D eigenvalue weighted by Gasteiger charge is 2.54. The molecule has 0 radical (unpaired) electrons. The fraction of sp³-hybridized carbons (Fsp3) is 0.591. The van der Waals surface area contributed by atoms with Gasteiger partial charge in [0.05, 0.1) is 18.8 Å². The first kappa shape index (κ1) is 20.4. The lowest BCUT2D eigenvalue weighted by atomic mass is 9.49. The Morgan fingerprint density at radius 1 is 1.07 bits per heavy atom. The molecule has 0 saturated heterocycles. The topological polar surface area (TPSA) is 78.5 Å². The maximum Gasteiger partial charge on any atom is 0.244 e. The predicted octanol–water partition coefficient (Wildman–Crippen LogP) is 3.18. The first-order valence-electron chi connectivity index (χ1n) is 10.4. The molecule has 2 N–H and O–H groups in total. The van der Waals surface area contributed by atoms with Gasteiger partial charge >= 0.3 is 0 Å². The van der Waals surface area contributed by atoms with E-state index in [1.807, 2.05) is 18.2 Å². The van der Waals surface area contributed by atoms with Crippen LogP contribution in [-0.2, 0) is 14.4 Å². The van der Waals surface area contributed by atoms with Crippen LogP contribution in [-0.4, -0.2) is 42.8 Å². The van der Waals surface area contributed by atoms with Gasteiger partial charge in [-0.05, 0) is 84.3 Å². The fourth-order valence-corrected chi connectivity index (χ4v) is 6.31. The van der Waals surface area contributed by atoms with Gasteiger partial charge in [-0.15, -0.1) is 0 Å². The average molecular weight is 462 g/mol. The van der Waals surface area contributed by atoms with E-state index in [4.69, 9.17) is 0 Å². The van der Waals surface area contributed by atoms with Gasteiger partial charge in [0, 0.05) is 16.9 Å². The van der Waals surface area contributed by atoms with Gasteiger partial charge in [0.25, 0.3) is 0 Å². The van der Waals surface area contributed by atoms with Crippen molar-refractivity contribution in [3.05, 3.63) is 28.7 Å². The Morgan fingerprint density at radius 3 is 2.24 bits per heavy atom. The van der Waals surface area contributed by atoms with Crippen LogP contribution >= 0.6 is 15.9 Å². The van der Waals surface area contributed by atoms with Gasteiger partial charge in [0.1, 0.15) is 0 Å². The van der Waals surface area contributed by atoms with E-state index >= 15 is 0 Å². The van der Waals surface area contributed by atoms with Crippen molar-refractivity contribution in [2.75, 3.05) is 25.5 Å². The van der Waals surface area contributed by atoms with Gasteiger partial charge in [-0.2, -0.15) is 0 Å². The minimum atomic E-state index is -0.278. The van der Waals surface area contributed by atoms with E-state index in [9.17, 15) is 14.4 Å². The number of nitrogens with zero attached hydrogens (tertiary/aromatic N) is 1. The van der Waals surface area contributed by atoms with Gasteiger partial charge in [0.15, 0.2) is 0 Å². The summed E-state index contributed by atoms with van der Waals surface area (Å²) >= 11 is 3.38. The molecule has 5 rings (SSSR count). The number of halogens is 1. The summed E-state index contributed by atoms with van der Waals surface area (Å²) in [5, 5.41) is 5.67. The fourth-order valence-electron chi connectivity index (χ4n) is 5.92. The largest absolute Gasteiger partial charge is 0.347 e. The van der Waals surface area contributed by atoms with Crippen LogP contribution < -0.4 is 10.6 Å². The number of benzene rings is 1. The summed E-state index contributed by atoms with van der Waals surface area (Å²) < 4.78 is 0.783. The molecule has 0 aromatic heterocycles. The lowest BCUT2D eigenvalue weighted by Crippen LogP contribution is -2.54. The average Bonchev–Trinajstić information content (AvgIpc) is 2.66. The quantitative estimate of drug-likeness (QED) is 0.682. The van der Waals surface area contributed by atoms with Crippen molar-refractivity contribution in [1.82, 2.24) is 10.2 Å². The Kier molecular flexibility index (Phi) is 5.69. The number of carbonyl (C=O) groups is 3. The molecular formula is C22H28BrN3O3. The Morgan fingerprint density at radius 2 is 1.66 bits per heavy atom. The summed E-state index contributed by atoms with van der Waals surface area (Å²) in [6.07, 6.45) is 6.76. The first-order valence-corrected chi connectivity index (χ1v) is 11.2. The Hall–Kier alpha value is -1.89. The Labute approximate surface area is 179 Å². The molecule has 0 heterocycles. The van der Waals surface area contributed by atoms with Crippen molar-refractivity contribution < 1.29 is 14.4 Å². The van der Waals surface area contributed by atoms with Gasteiger partial charge in [-0.1, -0.05) is 12.1 Å². The molecule has 4 aliphatic rings. The SMILES string of the molecule is CN(CC(=O)Nc1ccccc1Br)C(=O)CNC(=O)C12CC3CC(CC(C3)C1)C2. The molecule has 4 bridgehead atoms. The van der Waals surface area contributed by atoms with Crippen molar-refractivity contribution in [2.45, 2.75) is 38.5 Å². The van der Waals surface area contributed by atoms with E-state index in [0.29, 0.717) is 23.4 Å². The molecule has 4 saturated carbocycles. The molecule has 1 aromatic rings. The molecule has 156 valence electrons. The van der Waals surface area contributed by atoms with E-state index in [2.05, 4.69) is 26.6 Å². The third-order valence-corrected chi connectivity index (χ3v) is 7.57. The zero-order valence-corrected chi connectivity index (χ0v) is 18.3. The number of hydrogen-bond acceptors (Lipinski definition) is 3. The molecular weight excluding hydrogens is 434 g/mol. The van der Waals surface area contributed by atoms with Crippen LogP contribution in [0.5, 0.6) is 0 Å². The summed E-state index contributed by atoms with van der Waals surface area (Å²) in [7, 11) is 1.58. The van der Waals surface area contributed by atoms with Crippen LogP contribution in [0.15, 0.2) is 28.7 Å². The standard InChI is InChI=1S/C22H28BrN3O3/c1-26(13-19(27)25-18-5-3-2-4-17(18)23)20(28)12-24-21(29)22-9-14-6-15(10-22)8-16(7-14)11-22/h2-5,14-16H,6-13H2,1H3,(H,24,29)(H,25,27). The highest BCUT2D eigenvalue weighted by atomic mass is 79.9. The van der Waals surface area contributed by atoms with Crippen molar-refractivity contribution in [3.63, 3.8) is 0 Å². The second kappa shape index (κ2) is 8.09. The zero-order valence-electron chi connectivity index (χ0n) is 16.7. The minimum Gasteiger partial charge on any atom is -0.347 e. The molecule has 29 heavy (non-hydrogen) atoms. The molecule has 6 nitrogen and oxygen atoms in total. The van der Waals surface area contributed by atoms with Crippen molar-refractivity contribution in [3.8, 4) is 0 Å². The van der Waals surface area contributed by atoms with Gasteiger partial charge < -0.3 is 15.5 Å². The molecule has 3 amide bonds. The summed E-state index contributed by atoms with van der Waals surface area (Å²) in [6, 6.07) is 7.32. The summed E-state index contributed by atoms with van der Waals surface area (Å²) in [5.41, 5.74) is 0.401. The van der Waals surface area contributed by atoms with E-state index in [0.717, 1.165) is 23.7 Å². The summed E-state index contributed by atoms with van der Waals surface area (Å²) in [6.45, 7) is -0.118. The van der Waals surface area contributed by atoms with Crippen molar-refractivity contribution in [1.29, 1.82) is 0 Å². The zero-order chi connectivity index (χ0) is 20.6. The number of rotatable bonds is 6. The lowest BCUT2D eigenvalue weighted by Gasteiger charge is -2.55. The molecule has 0 aliphatic heterocycles. The third kappa shape index (κ3) is 4.34. The van der Waals surface area contributed by atoms with Gasteiger partial charge in [-0.25, -0.2) is 0 Å². The van der Waals surface area contributed by atoms with Crippen LogP contribution in [0, 0.1) is 23.2 Å². The maximum atomic E-state index is 13.0. The molecule has 0 atom stereocenters. The molecule has 4 aliphatic carbocycles. The Bertz CT molecular complexity index is 790. The second-order valence-electron chi connectivity index (χ2n) is 9.16. The first-order chi connectivity index (χ1) is 13.8. The predicted molar refractivity (Wildman–Crippen MR) is 114 cm³/mol. The number of amides is 3. The van der Waals surface area contributed by atoms with Crippen LogP contribution in [0.3, 0.4) is 0 Å². The number of nitrogens with one attached hydrogen (secondary N) is 2. The van der Waals surface area contributed by atoms with Crippen molar-refractivity contribution in [2.24, 2.45) is 23.2 Å². The van der Waals surface area contributed by atoms with Gasteiger partial charge in [-0.3, -0.25) is 14.4 Å². The molecule has 0 unspecified atom stereocenters. The van der Waals surface area contributed by atoms with Crippen LogP contribution in [0.1, 0.15) is 38.5 Å². The highest BCUT2D eigenvalue weighted by molar-refractivity contribution is 9.10. The highest BCUT2D eigenvalue weighted by Crippen LogP contribution is 2.60. The minimum absolute atomic E-state index is 0.0380. The molecule has 1 aromatic carbocycles. The third-order valence-electron chi connectivity index (χ3n) is 6.87. The summed E-state index contributed by atoms with van der Waals surface area (Å²) in [4.78, 5) is 39.0. The number of anilines is 1. The summed E-state index contributed by atoms with van der Waals surface area (Å²) in [5.74, 6) is 1.56. The smallest absolute Gasteiger partial charge is 0.244 e. The Balaban J connectivity index is 1.26. The number of para-hydroxylation sites is 1. The number of carbonyl (C=O) groups excluding carboxylic acids is 3. The van der Waals surface area contributed by atoms with Crippen LogP contribution in [0.4, 0.5) is 5.69 Å². The normalized spacial score (nSPS) is 29.4. The molecule has 7 heteroatoms. The molecule has 0 spiro atoms. The van der Waals surface area contributed by atoms with Crippen LogP contribution in [0.2, 0.25) is 0 Å². The molecule has 4 fully saturated rings.